The zero-order chi connectivity index (χ0) is 14.1. The second-order valence-corrected chi connectivity index (χ2v) is 8.03. The van der Waals surface area contributed by atoms with Crippen LogP contribution in [0.4, 0.5) is 0 Å². The molecule has 0 aliphatic rings. The van der Waals surface area contributed by atoms with Gasteiger partial charge in [-0.2, -0.15) is 0 Å². The van der Waals surface area contributed by atoms with E-state index in [9.17, 15) is 13.2 Å². The summed E-state index contributed by atoms with van der Waals surface area (Å²) in [5.74, 6) is -0.349. The Morgan fingerprint density at radius 2 is 1.56 bits per heavy atom. The summed E-state index contributed by atoms with van der Waals surface area (Å²) in [6.07, 6.45) is 1.08. The van der Waals surface area contributed by atoms with Gasteiger partial charge in [0.05, 0.1) is 0 Å². The van der Waals surface area contributed by atoms with Crippen molar-refractivity contribution in [1.29, 1.82) is 0 Å². The molecule has 0 saturated heterocycles. The predicted molar refractivity (Wildman–Crippen MR) is 73.8 cm³/mol. The van der Waals surface area contributed by atoms with E-state index in [-0.39, 0.29) is 11.2 Å². The van der Waals surface area contributed by atoms with Crippen LogP contribution in [0.15, 0.2) is 24.3 Å². The van der Waals surface area contributed by atoms with Crippen molar-refractivity contribution >= 4 is 15.6 Å². The van der Waals surface area contributed by atoms with Gasteiger partial charge in [0.1, 0.15) is 5.25 Å². The normalized spacial score (nSPS) is 14.3. The Kier molecular flexibility index (Phi) is 4.01. The second kappa shape index (κ2) is 4.84. The number of carbonyl (C=O) groups is 1. The Bertz CT molecular complexity index is 533. The summed E-state index contributed by atoms with van der Waals surface area (Å²) >= 11 is 0. The van der Waals surface area contributed by atoms with Gasteiger partial charge in [-0.3, -0.25) is 4.79 Å². The molecule has 0 N–H and O–H groups in total. The highest BCUT2D eigenvalue weighted by atomic mass is 32.2. The Labute approximate surface area is 109 Å². The maximum Gasteiger partial charge on any atom is 0.180 e. The molecule has 0 bridgehead atoms. The third kappa shape index (κ3) is 3.42. The molecule has 4 heteroatoms. The van der Waals surface area contributed by atoms with E-state index >= 15 is 0 Å². The monoisotopic (exact) mass is 268 g/mol. The van der Waals surface area contributed by atoms with Crippen LogP contribution in [0.5, 0.6) is 0 Å². The number of Topliss-reactive ketones (excluding diaryl/α,β-unsaturated/α-hetero) is 1. The van der Waals surface area contributed by atoms with Crippen molar-refractivity contribution in [3.05, 3.63) is 35.4 Å². The van der Waals surface area contributed by atoms with Crippen molar-refractivity contribution < 1.29 is 13.2 Å². The van der Waals surface area contributed by atoms with Gasteiger partial charge in [0.2, 0.25) is 0 Å². The summed E-state index contributed by atoms with van der Waals surface area (Å²) < 4.78 is 22.7. The van der Waals surface area contributed by atoms with Crippen LogP contribution in [0, 0.1) is 0 Å². The molecule has 0 heterocycles. The fraction of sp³-hybridized carbons (Fsp3) is 0.500. The highest BCUT2D eigenvalue weighted by Crippen LogP contribution is 2.22. The number of hydrogen-bond donors (Lipinski definition) is 0. The van der Waals surface area contributed by atoms with E-state index < -0.39 is 15.1 Å². The first-order valence-electron chi connectivity index (χ1n) is 5.87. The van der Waals surface area contributed by atoms with E-state index in [0.717, 1.165) is 11.8 Å². The SMILES string of the molecule is CC(C(=O)c1ccc(C(C)(C)C)cc1)S(C)(=O)=O. The zero-order valence-electron chi connectivity index (χ0n) is 11.5. The highest BCUT2D eigenvalue weighted by molar-refractivity contribution is 7.92. The van der Waals surface area contributed by atoms with Crippen molar-refractivity contribution in [2.24, 2.45) is 0 Å². The van der Waals surface area contributed by atoms with E-state index in [4.69, 9.17) is 0 Å². The van der Waals surface area contributed by atoms with Crippen LogP contribution in [0.25, 0.3) is 0 Å². The number of benzene rings is 1. The van der Waals surface area contributed by atoms with Crippen molar-refractivity contribution in [1.82, 2.24) is 0 Å². The molecule has 0 aliphatic heterocycles. The largest absolute Gasteiger partial charge is 0.293 e. The lowest BCUT2D eigenvalue weighted by Gasteiger charge is -2.19. The van der Waals surface area contributed by atoms with E-state index in [1.165, 1.54) is 6.92 Å². The minimum Gasteiger partial charge on any atom is -0.293 e. The van der Waals surface area contributed by atoms with Gasteiger partial charge in [-0.15, -0.1) is 0 Å². The molecule has 100 valence electrons. The molecule has 0 saturated carbocycles. The summed E-state index contributed by atoms with van der Waals surface area (Å²) in [6, 6.07) is 7.15. The predicted octanol–water partition coefficient (Wildman–Crippen LogP) is 2.60. The Morgan fingerprint density at radius 3 is 1.89 bits per heavy atom. The third-order valence-electron chi connectivity index (χ3n) is 3.05. The standard InChI is InChI=1S/C14H20O3S/c1-10(18(5,16)17)13(15)11-6-8-12(9-7-11)14(2,3)4/h6-10H,1-5H3. The summed E-state index contributed by atoms with van der Waals surface area (Å²) in [5.41, 5.74) is 1.58. The molecular weight excluding hydrogens is 248 g/mol. The zero-order valence-corrected chi connectivity index (χ0v) is 12.3. The van der Waals surface area contributed by atoms with Gasteiger partial charge in [0.25, 0.3) is 0 Å². The van der Waals surface area contributed by atoms with Crippen LogP contribution < -0.4 is 0 Å². The molecule has 1 aromatic carbocycles. The van der Waals surface area contributed by atoms with E-state index in [1.54, 1.807) is 12.1 Å². The topological polar surface area (TPSA) is 51.2 Å². The van der Waals surface area contributed by atoms with Crippen LogP contribution in [0.2, 0.25) is 0 Å². The lowest BCUT2D eigenvalue weighted by molar-refractivity contribution is 0.0991. The lowest BCUT2D eigenvalue weighted by atomic mass is 9.86. The van der Waals surface area contributed by atoms with Crippen LogP contribution in [0.3, 0.4) is 0 Å². The minimum atomic E-state index is -3.34. The van der Waals surface area contributed by atoms with E-state index in [1.807, 2.05) is 12.1 Å². The molecule has 0 fully saturated rings. The second-order valence-electron chi connectivity index (χ2n) is 5.66. The van der Waals surface area contributed by atoms with Gasteiger partial charge < -0.3 is 0 Å². The lowest BCUT2D eigenvalue weighted by Crippen LogP contribution is -2.26. The molecule has 1 unspecified atom stereocenters. The van der Waals surface area contributed by atoms with Crippen LogP contribution >= 0.6 is 0 Å². The average molecular weight is 268 g/mol. The Morgan fingerprint density at radius 1 is 1.11 bits per heavy atom. The van der Waals surface area contributed by atoms with Gasteiger partial charge in [0.15, 0.2) is 15.6 Å². The number of sulfone groups is 1. The molecular formula is C14H20O3S. The third-order valence-corrected chi connectivity index (χ3v) is 4.55. The summed E-state index contributed by atoms with van der Waals surface area (Å²) in [4.78, 5) is 12.0. The Hall–Kier alpha value is -1.16. The summed E-state index contributed by atoms with van der Waals surface area (Å²) in [5, 5.41) is -0.988. The molecule has 0 radical (unpaired) electrons. The summed E-state index contributed by atoms with van der Waals surface area (Å²) in [7, 11) is -3.34. The molecule has 1 atom stereocenters. The van der Waals surface area contributed by atoms with Crippen LogP contribution in [-0.4, -0.2) is 25.7 Å². The smallest absolute Gasteiger partial charge is 0.180 e. The van der Waals surface area contributed by atoms with E-state index in [0.29, 0.717) is 5.56 Å². The first-order chi connectivity index (χ1) is 8.03. The maximum absolute atomic E-state index is 12.0. The van der Waals surface area contributed by atoms with Crippen LogP contribution in [0.1, 0.15) is 43.6 Å². The van der Waals surface area contributed by atoms with Crippen LogP contribution in [-0.2, 0) is 15.3 Å². The molecule has 0 amide bonds. The molecule has 1 rings (SSSR count). The highest BCUT2D eigenvalue weighted by Gasteiger charge is 2.25. The first kappa shape index (κ1) is 14.9. The summed E-state index contributed by atoms with van der Waals surface area (Å²) in [6.45, 7) is 7.68. The average Bonchev–Trinajstić information content (AvgIpc) is 2.25. The Balaban J connectivity index is 3.04. The molecule has 0 aromatic heterocycles. The minimum absolute atomic E-state index is 0.0179. The molecule has 3 nitrogen and oxygen atoms in total. The van der Waals surface area contributed by atoms with Gasteiger partial charge in [-0.25, -0.2) is 8.42 Å². The molecule has 0 aliphatic carbocycles. The number of rotatable bonds is 3. The molecule has 1 aromatic rings. The fourth-order valence-corrected chi connectivity index (χ4v) is 2.09. The van der Waals surface area contributed by atoms with E-state index in [2.05, 4.69) is 20.8 Å². The maximum atomic E-state index is 12.0. The van der Waals surface area contributed by atoms with Crippen molar-refractivity contribution in [3.63, 3.8) is 0 Å². The van der Waals surface area contributed by atoms with Gasteiger partial charge in [-0.1, -0.05) is 45.0 Å². The quantitative estimate of drug-likeness (QED) is 0.792. The fourth-order valence-electron chi connectivity index (χ4n) is 1.56. The number of carbonyl (C=O) groups excluding carboxylic acids is 1. The number of ketones is 1. The van der Waals surface area contributed by atoms with Gasteiger partial charge in [-0.05, 0) is 17.9 Å². The van der Waals surface area contributed by atoms with Gasteiger partial charge >= 0.3 is 0 Å². The molecule has 18 heavy (non-hydrogen) atoms. The van der Waals surface area contributed by atoms with Crippen molar-refractivity contribution in [2.45, 2.75) is 38.4 Å². The molecule has 0 spiro atoms. The van der Waals surface area contributed by atoms with Gasteiger partial charge in [0, 0.05) is 11.8 Å². The van der Waals surface area contributed by atoms with Crippen molar-refractivity contribution in [2.75, 3.05) is 6.26 Å². The first-order valence-corrected chi connectivity index (χ1v) is 7.82. The number of hydrogen-bond acceptors (Lipinski definition) is 3. The van der Waals surface area contributed by atoms with Crippen molar-refractivity contribution in [3.8, 4) is 0 Å².